The Morgan fingerprint density at radius 1 is 0.304 bits per heavy atom. The molecule has 0 spiro atoms. The van der Waals surface area contributed by atoms with Gasteiger partial charge in [-0.2, -0.15) is 0 Å². The van der Waals surface area contributed by atoms with Crippen LogP contribution in [0.15, 0.2) is 97.1 Å². The van der Waals surface area contributed by atoms with E-state index in [2.05, 4.69) is 180 Å². The smallest absolute Gasteiger partial charge is 0.00893 e. The van der Waals surface area contributed by atoms with Gasteiger partial charge in [0.05, 0.1) is 0 Å². The van der Waals surface area contributed by atoms with Crippen molar-refractivity contribution in [3.05, 3.63) is 142 Å². The standard InChI is InChI=1S/C46H62/c1-43(2,3)37-25-17-33(18-26-37)41(34-19-27-38(28-20-34)44(4,5)6)15-13-14-16-42(35-21-29-39(30-22-35)45(7,8)9)36-23-31-40(32-24-36)46(10,11)12/h17-32,41-42H,13-16H2,1-12H3. The third-order valence-electron chi connectivity index (χ3n) is 9.95. The van der Waals surface area contributed by atoms with Crippen molar-refractivity contribution in [1.29, 1.82) is 0 Å². The Labute approximate surface area is 283 Å². The lowest BCUT2D eigenvalue weighted by molar-refractivity contribution is 0.568. The molecular weight excluding hydrogens is 553 g/mol. The first-order valence-electron chi connectivity index (χ1n) is 17.8. The maximum atomic E-state index is 2.39. The second-order valence-corrected chi connectivity index (χ2v) is 17.9. The molecule has 46 heavy (non-hydrogen) atoms. The van der Waals surface area contributed by atoms with Gasteiger partial charge >= 0.3 is 0 Å². The summed E-state index contributed by atoms with van der Waals surface area (Å²) >= 11 is 0. The number of benzene rings is 4. The van der Waals surface area contributed by atoms with E-state index in [1.807, 2.05) is 0 Å². The lowest BCUT2D eigenvalue weighted by Gasteiger charge is -2.25. The van der Waals surface area contributed by atoms with Crippen molar-refractivity contribution in [3.8, 4) is 0 Å². The zero-order valence-electron chi connectivity index (χ0n) is 31.2. The fourth-order valence-electron chi connectivity index (χ4n) is 6.61. The van der Waals surface area contributed by atoms with Gasteiger partial charge in [0.15, 0.2) is 0 Å². The zero-order chi connectivity index (χ0) is 33.9. The molecule has 0 atom stereocenters. The van der Waals surface area contributed by atoms with E-state index < -0.39 is 0 Å². The lowest BCUT2D eigenvalue weighted by atomic mass is 9.80. The predicted molar refractivity (Wildman–Crippen MR) is 203 cm³/mol. The van der Waals surface area contributed by atoms with Crippen LogP contribution < -0.4 is 0 Å². The van der Waals surface area contributed by atoms with Gasteiger partial charge in [0.25, 0.3) is 0 Å². The molecule has 0 bridgehead atoms. The molecule has 4 aromatic rings. The Bertz CT molecular complexity index is 1270. The third kappa shape index (κ3) is 9.24. The topological polar surface area (TPSA) is 0 Å². The first-order chi connectivity index (χ1) is 21.3. The van der Waals surface area contributed by atoms with E-state index in [0.717, 1.165) is 12.8 Å². The van der Waals surface area contributed by atoms with Gasteiger partial charge in [-0.05, 0) is 79.0 Å². The molecule has 0 fully saturated rings. The molecule has 0 radical (unpaired) electrons. The van der Waals surface area contributed by atoms with Gasteiger partial charge in [-0.3, -0.25) is 0 Å². The molecule has 246 valence electrons. The molecule has 4 rings (SSSR count). The fraction of sp³-hybridized carbons (Fsp3) is 0.478. The van der Waals surface area contributed by atoms with Crippen LogP contribution in [0.2, 0.25) is 0 Å². The van der Waals surface area contributed by atoms with Crippen LogP contribution in [0.3, 0.4) is 0 Å². The molecule has 0 aliphatic heterocycles. The summed E-state index contributed by atoms with van der Waals surface area (Å²) in [7, 11) is 0. The molecule has 4 aromatic carbocycles. The van der Waals surface area contributed by atoms with Crippen molar-refractivity contribution in [2.24, 2.45) is 0 Å². The molecule has 0 saturated carbocycles. The second-order valence-electron chi connectivity index (χ2n) is 17.9. The summed E-state index contributed by atoms with van der Waals surface area (Å²) in [5.41, 5.74) is 12.0. The van der Waals surface area contributed by atoms with Crippen molar-refractivity contribution in [3.63, 3.8) is 0 Å². The molecule has 0 amide bonds. The molecular formula is C46H62. The summed E-state index contributed by atoms with van der Waals surface area (Å²) in [6.07, 6.45) is 4.71. The van der Waals surface area contributed by atoms with Crippen molar-refractivity contribution in [2.75, 3.05) is 0 Å². The van der Waals surface area contributed by atoms with Gasteiger partial charge in [-0.25, -0.2) is 0 Å². The third-order valence-corrected chi connectivity index (χ3v) is 9.95. The van der Waals surface area contributed by atoms with Crippen molar-refractivity contribution >= 4 is 0 Å². The highest BCUT2D eigenvalue weighted by Gasteiger charge is 2.22. The highest BCUT2D eigenvalue weighted by Crippen LogP contribution is 2.37. The molecule has 0 saturated heterocycles. The summed E-state index contributed by atoms with van der Waals surface area (Å²) in [5.74, 6) is 0.803. The molecule has 0 nitrogen and oxygen atoms in total. The minimum atomic E-state index is 0.160. The minimum Gasteiger partial charge on any atom is -0.0582 e. The van der Waals surface area contributed by atoms with Crippen LogP contribution in [0.4, 0.5) is 0 Å². The highest BCUT2D eigenvalue weighted by atomic mass is 14.3. The molecule has 0 N–H and O–H groups in total. The Morgan fingerprint density at radius 3 is 0.630 bits per heavy atom. The molecule has 0 heterocycles. The highest BCUT2D eigenvalue weighted by molar-refractivity contribution is 5.40. The number of rotatable bonds is 9. The molecule has 0 unspecified atom stereocenters. The van der Waals surface area contributed by atoms with Gasteiger partial charge in [-0.15, -0.1) is 0 Å². The number of hydrogen-bond acceptors (Lipinski definition) is 0. The Balaban J connectivity index is 1.58. The van der Waals surface area contributed by atoms with E-state index in [0.29, 0.717) is 11.8 Å². The minimum absolute atomic E-state index is 0.160. The number of unbranched alkanes of at least 4 members (excludes halogenated alkanes) is 1. The van der Waals surface area contributed by atoms with Crippen molar-refractivity contribution in [1.82, 2.24) is 0 Å². The average molecular weight is 615 g/mol. The van der Waals surface area contributed by atoms with Crippen molar-refractivity contribution in [2.45, 2.75) is 142 Å². The fourth-order valence-corrected chi connectivity index (χ4v) is 6.61. The van der Waals surface area contributed by atoms with Crippen LogP contribution in [0.1, 0.15) is 165 Å². The van der Waals surface area contributed by atoms with Gasteiger partial charge in [0.2, 0.25) is 0 Å². The van der Waals surface area contributed by atoms with Gasteiger partial charge in [-0.1, -0.05) is 193 Å². The summed E-state index contributed by atoms with van der Waals surface area (Å²) in [6, 6.07) is 37.9. The summed E-state index contributed by atoms with van der Waals surface area (Å²) in [4.78, 5) is 0. The van der Waals surface area contributed by atoms with E-state index in [4.69, 9.17) is 0 Å². The maximum absolute atomic E-state index is 2.39. The first kappa shape index (κ1) is 35.7. The van der Waals surface area contributed by atoms with E-state index in [1.165, 1.54) is 57.3 Å². The molecule has 0 aliphatic rings. The summed E-state index contributed by atoms with van der Waals surface area (Å²) in [6.45, 7) is 27.6. The average Bonchev–Trinajstić information content (AvgIpc) is 2.98. The molecule has 0 heteroatoms. The Hall–Kier alpha value is -3.12. The van der Waals surface area contributed by atoms with Gasteiger partial charge < -0.3 is 0 Å². The number of hydrogen-bond donors (Lipinski definition) is 0. The first-order valence-corrected chi connectivity index (χ1v) is 17.8. The van der Waals surface area contributed by atoms with Crippen LogP contribution in [0.5, 0.6) is 0 Å². The van der Waals surface area contributed by atoms with E-state index in [9.17, 15) is 0 Å². The van der Waals surface area contributed by atoms with Crippen LogP contribution in [-0.2, 0) is 21.7 Å². The maximum Gasteiger partial charge on any atom is 0.00893 e. The largest absolute Gasteiger partial charge is 0.0582 e. The van der Waals surface area contributed by atoms with Gasteiger partial charge in [0.1, 0.15) is 0 Å². The molecule has 0 aromatic heterocycles. The normalized spacial score (nSPS) is 13.1. The van der Waals surface area contributed by atoms with Crippen LogP contribution in [0.25, 0.3) is 0 Å². The van der Waals surface area contributed by atoms with Crippen molar-refractivity contribution < 1.29 is 0 Å². The van der Waals surface area contributed by atoms with Crippen LogP contribution in [0, 0.1) is 0 Å². The van der Waals surface area contributed by atoms with E-state index in [-0.39, 0.29) is 21.7 Å². The lowest BCUT2D eigenvalue weighted by Crippen LogP contribution is -2.12. The summed E-state index contributed by atoms with van der Waals surface area (Å²) in [5, 5.41) is 0. The zero-order valence-corrected chi connectivity index (χ0v) is 31.2. The predicted octanol–water partition coefficient (Wildman–Crippen LogP) is 13.4. The van der Waals surface area contributed by atoms with Crippen LogP contribution >= 0.6 is 0 Å². The van der Waals surface area contributed by atoms with Gasteiger partial charge in [0, 0.05) is 11.8 Å². The SMILES string of the molecule is CC(C)(C)c1ccc(C(CCCCC(c2ccc(C(C)(C)C)cc2)c2ccc(C(C)(C)C)cc2)c2ccc(C(C)(C)C)cc2)cc1. The van der Waals surface area contributed by atoms with E-state index >= 15 is 0 Å². The van der Waals surface area contributed by atoms with Crippen LogP contribution in [-0.4, -0.2) is 0 Å². The monoisotopic (exact) mass is 614 g/mol. The quantitative estimate of drug-likeness (QED) is 0.165. The summed E-state index contributed by atoms with van der Waals surface area (Å²) < 4.78 is 0. The Kier molecular flexibility index (Phi) is 10.8. The Morgan fingerprint density at radius 2 is 0.478 bits per heavy atom. The second kappa shape index (κ2) is 13.9. The van der Waals surface area contributed by atoms with E-state index in [1.54, 1.807) is 0 Å². The molecule has 0 aliphatic carbocycles.